The van der Waals surface area contributed by atoms with Crippen LogP contribution in [-0.4, -0.2) is 39.6 Å². The maximum Gasteiger partial charge on any atom is 0.291 e. The Morgan fingerprint density at radius 3 is 2.48 bits per heavy atom. The summed E-state index contributed by atoms with van der Waals surface area (Å²) in [4.78, 5) is 27.5. The summed E-state index contributed by atoms with van der Waals surface area (Å²) in [5.74, 6) is 0.488. The van der Waals surface area contributed by atoms with Gasteiger partial charge in [-0.3, -0.25) is 19.2 Å². The predicted octanol–water partition coefficient (Wildman–Crippen LogP) is 3.99. The minimum atomic E-state index is -0.322. The smallest absolute Gasteiger partial charge is 0.291 e. The molecule has 0 spiro atoms. The van der Waals surface area contributed by atoms with Gasteiger partial charge in [-0.25, -0.2) is 0 Å². The Kier molecular flexibility index (Phi) is 6.47. The molecule has 2 aromatic heterocycles. The number of anilines is 2. The molecule has 8 nitrogen and oxygen atoms in total. The maximum atomic E-state index is 12.6. The van der Waals surface area contributed by atoms with Gasteiger partial charge in [0.05, 0.1) is 6.54 Å². The first-order valence-electron chi connectivity index (χ1n) is 10.7. The Balaban J connectivity index is 1.37. The van der Waals surface area contributed by atoms with E-state index in [0.29, 0.717) is 23.6 Å². The fraction of sp³-hybridized carbons (Fsp3) is 0.348. The van der Waals surface area contributed by atoms with Crippen molar-refractivity contribution in [3.05, 3.63) is 65.9 Å². The van der Waals surface area contributed by atoms with Gasteiger partial charge in [-0.1, -0.05) is 12.5 Å². The quantitative estimate of drug-likeness (QED) is 0.602. The lowest BCUT2D eigenvalue weighted by Crippen LogP contribution is -2.28. The lowest BCUT2D eigenvalue weighted by atomic mass is 10.1. The third-order valence-electron chi connectivity index (χ3n) is 5.34. The van der Waals surface area contributed by atoms with Crippen LogP contribution in [0.15, 0.2) is 53.1 Å². The number of aromatic nitrogens is 2. The molecule has 0 bridgehead atoms. The number of benzene rings is 1. The SMILES string of the molecule is CCn1nccc1C(=O)Nc1cccc(NC(=O)c2ccc(CN3CCCCC3)o2)c1. The van der Waals surface area contributed by atoms with Crippen LogP contribution in [-0.2, 0) is 13.1 Å². The van der Waals surface area contributed by atoms with E-state index in [0.717, 1.165) is 25.4 Å². The number of furan rings is 1. The molecule has 0 radical (unpaired) electrons. The van der Waals surface area contributed by atoms with E-state index in [-0.39, 0.29) is 17.6 Å². The van der Waals surface area contributed by atoms with E-state index in [1.807, 2.05) is 13.0 Å². The first-order valence-corrected chi connectivity index (χ1v) is 10.7. The topological polar surface area (TPSA) is 92.4 Å². The van der Waals surface area contributed by atoms with Crippen molar-refractivity contribution in [2.75, 3.05) is 23.7 Å². The van der Waals surface area contributed by atoms with E-state index >= 15 is 0 Å². The zero-order valence-electron chi connectivity index (χ0n) is 17.6. The average molecular weight is 422 g/mol. The lowest BCUT2D eigenvalue weighted by Gasteiger charge is -2.25. The number of amides is 2. The Morgan fingerprint density at radius 2 is 1.74 bits per heavy atom. The van der Waals surface area contributed by atoms with Crippen molar-refractivity contribution in [3.8, 4) is 0 Å². The van der Waals surface area contributed by atoms with Gasteiger partial charge in [-0.15, -0.1) is 0 Å². The van der Waals surface area contributed by atoms with E-state index in [1.165, 1.54) is 19.3 Å². The second-order valence-corrected chi connectivity index (χ2v) is 7.62. The van der Waals surface area contributed by atoms with Crippen molar-refractivity contribution in [3.63, 3.8) is 0 Å². The zero-order chi connectivity index (χ0) is 21.6. The Bertz CT molecular complexity index is 1050. The molecule has 1 fully saturated rings. The fourth-order valence-corrected chi connectivity index (χ4v) is 3.76. The highest BCUT2D eigenvalue weighted by Gasteiger charge is 2.16. The molecule has 1 aliphatic heterocycles. The predicted molar refractivity (Wildman–Crippen MR) is 118 cm³/mol. The van der Waals surface area contributed by atoms with Crippen molar-refractivity contribution >= 4 is 23.2 Å². The molecule has 162 valence electrons. The number of carbonyl (C=O) groups excluding carboxylic acids is 2. The van der Waals surface area contributed by atoms with Crippen molar-refractivity contribution in [2.45, 2.75) is 39.3 Å². The maximum absolute atomic E-state index is 12.6. The van der Waals surface area contributed by atoms with Crippen molar-refractivity contribution < 1.29 is 14.0 Å². The minimum absolute atomic E-state index is 0.254. The largest absolute Gasteiger partial charge is 0.455 e. The molecule has 2 N–H and O–H groups in total. The molecule has 3 heterocycles. The van der Waals surface area contributed by atoms with Crippen LogP contribution in [0.5, 0.6) is 0 Å². The van der Waals surface area contributed by atoms with Crippen LogP contribution in [0.25, 0.3) is 0 Å². The molecule has 1 aliphatic rings. The fourth-order valence-electron chi connectivity index (χ4n) is 3.76. The monoisotopic (exact) mass is 421 g/mol. The number of aryl methyl sites for hydroxylation is 1. The number of piperidine rings is 1. The summed E-state index contributed by atoms with van der Waals surface area (Å²) < 4.78 is 7.38. The highest BCUT2D eigenvalue weighted by atomic mass is 16.4. The van der Waals surface area contributed by atoms with Crippen LogP contribution in [0.1, 0.15) is 53.0 Å². The second-order valence-electron chi connectivity index (χ2n) is 7.62. The molecule has 2 amide bonds. The van der Waals surface area contributed by atoms with E-state index in [9.17, 15) is 9.59 Å². The summed E-state index contributed by atoms with van der Waals surface area (Å²) in [5.41, 5.74) is 1.63. The number of nitrogens with one attached hydrogen (secondary N) is 2. The van der Waals surface area contributed by atoms with E-state index in [2.05, 4.69) is 20.6 Å². The molecule has 1 saturated heterocycles. The van der Waals surface area contributed by atoms with Gasteiger partial charge in [-0.2, -0.15) is 5.10 Å². The number of hydrogen-bond acceptors (Lipinski definition) is 5. The summed E-state index contributed by atoms with van der Waals surface area (Å²) in [6.45, 7) is 5.39. The van der Waals surface area contributed by atoms with Crippen molar-refractivity contribution in [1.82, 2.24) is 14.7 Å². The molecule has 0 aliphatic carbocycles. The third kappa shape index (κ3) is 5.21. The van der Waals surface area contributed by atoms with Crippen LogP contribution in [0.4, 0.5) is 11.4 Å². The van der Waals surface area contributed by atoms with Gasteiger partial charge < -0.3 is 15.1 Å². The van der Waals surface area contributed by atoms with Gasteiger partial charge in [0.2, 0.25) is 0 Å². The molecule has 31 heavy (non-hydrogen) atoms. The minimum Gasteiger partial charge on any atom is -0.455 e. The van der Waals surface area contributed by atoms with Crippen molar-refractivity contribution in [1.29, 1.82) is 0 Å². The van der Waals surface area contributed by atoms with E-state index in [4.69, 9.17) is 4.42 Å². The van der Waals surface area contributed by atoms with Crippen molar-refractivity contribution in [2.24, 2.45) is 0 Å². The Hall–Kier alpha value is -3.39. The summed E-state index contributed by atoms with van der Waals surface area (Å²) in [6, 6.07) is 12.2. The summed E-state index contributed by atoms with van der Waals surface area (Å²) >= 11 is 0. The molecular weight excluding hydrogens is 394 g/mol. The standard InChI is InChI=1S/C23H27N5O3/c1-2-28-20(11-12-24-28)22(29)25-17-7-6-8-18(15-17)26-23(30)21-10-9-19(31-21)16-27-13-4-3-5-14-27/h6-12,15H,2-5,13-14,16H2,1H3,(H,25,29)(H,26,30). The third-order valence-corrected chi connectivity index (χ3v) is 5.34. The van der Waals surface area contributed by atoms with E-state index < -0.39 is 0 Å². The highest BCUT2D eigenvalue weighted by molar-refractivity contribution is 6.05. The molecule has 1 aromatic carbocycles. The van der Waals surface area contributed by atoms with Crippen LogP contribution in [0.2, 0.25) is 0 Å². The summed E-state index contributed by atoms with van der Waals surface area (Å²) in [6.07, 6.45) is 5.30. The van der Waals surface area contributed by atoms with Crippen LogP contribution in [0.3, 0.4) is 0 Å². The molecule has 0 unspecified atom stereocenters. The summed E-state index contributed by atoms with van der Waals surface area (Å²) in [7, 11) is 0. The van der Waals surface area contributed by atoms with Gasteiger partial charge in [0.15, 0.2) is 5.76 Å². The normalized spacial score (nSPS) is 14.4. The molecule has 3 aromatic rings. The van der Waals surface area contributed by atoms with Gasteiger partial charge in [0, 0.05) is 24.1 Å². The van der Waals surface area contributed by atoms with Gasteiger partial charge in [-0.05, 0) is 69.3 Å². The van der Waals surface area contributed by atoms with E-state index in [1.54, 1.807) is 47.3 Å². The van der Waals surface area contributed by atoms with Gasteiger partial charge in [0.1, 0.15) is 11.5 Å². The van der Waals surface area contributed by atoms with Crippen LogP contribution >= 0.6 is 0 Å². The molecule has 0 atom stereocenters. The van der Waals surface area contributed by atoms with Gasteiger partial charge >= 0.3 is 0 Å². The first kappa shape index (κ1) is 20.9. The number of nitrogens with zero attached hydrogens (tertiary/aromatic N) is 3. The van der Waals surface area contributed by atoms with Gasteiger partial charge in [0.25, 0.3) is 11.8 Å². The molecular formula is C23H27N5O3. The Morgan fingerprint density at radius 1 is 1.00 bits per heavy atom. The molecule has 0 saturated carbocycles. The number of hydrogen-bond donors (Lipinski definition) is 2. The average Bonchev–Trinajstić information content (AvgIpc) is 3.44. The molecule has 8 heteroatoms. The second kappa shape index (κ2) is 9.61. The Labute approximate surface area is 181 Å². The number of carbonyl (C=O) groups is 2. The highest BCUT2D eigenvalue weighted by Crippen LogP contribution is 2.19. The lowest BCUT2D eigenvalue weighted by molar-refractivity contribution is 0.0990. The first-order chi connectivity index (χ1) is 15.1. The number of likely N-dealkylation sites (tertiary alicyclic amines) is 1. The zero-order valence-corrected chi connectivity index (χ0v) is 17.6. The van der Waals surface area contributed by atoms with Crippen LogP contribution < -0.4 is 10.6 Å². The summed E-state index contributed by atoms with van der Waals surface area (Å²) in [5, 5.41) is 9.79. The molecule has 4 rings (SSSR count). The van der Waals surface area contributed by atoms with Crippen LogP contribution in [0, 0.1) is 0 Å². The number of rotatable bonds is 7.